The second kappa shape index (κ2) is 4.61. The first-order valence-electron chi connectivity index (χ1n) is 4.80. The van der Waals surface area contributed by atoms with Gasteiger partial charge in [-0.15, -0.1) is 0 Å². The Morgan fingerprint density at radius 3 is 2.15 bits per heavy atom. The van der Waals surface area contributed by atoms with Crippen LogP contribution in [-0.4, -0.2) is 22.7 Å². The zero-order valence-electron chi connectivity index (χ0n) is 9.22. The predicted molar refractivity (Wildman–Crippen MR) is 53.8 cm³/mol. The van der Waals surface area contributed by atoms with Crippen LogP contribution in [0.5, 0.6) is 0 Å². The van der Waals surface area contributed by atoms with Crippen molar-refractivity contribution in [2.75, 3.05) is 0 Å². The van der Waals surface area contributed by atoms with E-state index in [2.05, 4.69) is 5.32 Å². The highest BCUT2D eigenvalue weighted by Crippen LogP contribution is 2.12. The number of carbonyl (C=O) groups is 1. The Kier molecular flexibility index (Phi) is 4.40. The standard InChI is InChI=1S/C10H21NO2/c1-6-10(4,5)11-8(7(2)3)9(12)13/h7-8,11H,6H2,1-5H3,(H,12,13). The van der Waals surface area contributed by atoms with Crippen LogP contribution in [0.2, 0.25) is 0 Å². The first-order chi connectivity index (χ1) is 5.80. The molecular weight excluding hydrogens is 166 g/mol. The van der Waals surface area contributed by atoms with Crippen LogP contribution in [0.3, 0.4) is 0 Å². The van der Waals surface area contributed by atoms with Gasteiger partial charge >= 0.3 is 5.97 Å². The van der Waals surface area contributed by atoms with Crippen LogP contribution in [0, 0.1) is 5.92 Å². The van der Waals surface area contributed by atoms with Gasteiger partial charge in [0, 0.05) is 5.54 Å². The summed E-state index contributed by atoms with van der Waals surface area (Å²) in [6.45, 7) is 9.91. The van der Waals surface area contributed by atoms with E-state index in [1.54, 1.807) is 0 Å². The van der Waals surface area contributed by atoms with Crippen LogP contribution in [0.15, 0.2) is 0 Å². The van der Waals surface area contributed by atoms with Gasteiger partial charge in [0.1, 0.15) is 6.04 Å². The molecule has 0 heterocycles. The van der Waals surface area contributed by atoms with Gasteiger partial charge < -0.3 is 5.11 Å². The third-order valence-electron chi connectivity index (χ3n) is 2.36. The second-order valence-corrected chi connectivity index (χ2v) is 4.44. The molecule has 1 atom stereocenters. The van der Waals surface area contributed by atoms with E-state index in [-0.39, 0.29) is 11.5 Å². The van der Waals surface area contributed by atoms with E-state index in [9.17, 15) is 4.79 Å². The molecule has 0 bridgehead atoms. The Morgan fingerprint density at radius 2 is 1.92 bits per heavy atom. The Labute approximate surface area is 80.5 Å². The first-order valence-corrected chi connectivity index (χ1v) is 4.80. The highest BCUT2D eigenvalue weighted by molar-refractivity contribution is 5.73. The van der Waals surface area contributed by atoms with Gasteiger partial charge in [0.25, 0.3) is 0 Å². The van der Waals surface area contributed by atoms with E-state index in [1.807, 2.05) is 34.6 Å². The maximum Gasteiger partial charge on any atom is 0.320 e. The molecular formula is C10H21NO2. The van der Waals surface area contributed by atoms with E-state index in [0.29, 0.717) is 0 Å². The van der Waals surface area contributed by atoms with Crippen molar-refractivity contribution >= 4 is 5.97 Å². The average molecular weight is 187 g/mol. The minimum absolute atomic E-state index is 0.104. The number of hydrogen-bond donors (Lipinski definition) is 2. The summed E-state index contributed by atoms with van der Waals surface area (Å²) in [6.07, 6.45) is 0.920. The molecule has 0 aromatic carbocycles. The fraction of sp³-hybridized carbons (Fsp3) is 0.900. The molecule has 0 saturated heterocycles. The molecule has 0 saturated carbocycles. The van der Waals surface area contributed by atoms with Gasteiger partial charge in [-0.2, -0.15) is 0 Å². The minimum Gasteiger partial charge on any atom is -0.480 e. The molecule has 0 amide bonds. The van der Waals surface area contributed by atoms with Crippen molar-refractivity contribution in [3.8, 4) is 0 Å². The largest absolute Gasteiger partial charge is 0.480 e. The normalized spacial score (nSPS) is 14.6. The summed E-state index contributed by atoms with van der Waals surface area (Å²) < 4.78 is 0. The quantitative estimate of drug-likeness (QED) is 0.691. The molecule has 3 nitrogen and oxygen atoms in total. The molecule has 0 aromatic heterocycles. The molecule has 0 aliphatic rings. The number of hydrogen-bond acceptors (Lipinski definition) is 2. The molecule has 0 rings (SSSR count). The van der Waals surface area contributed by atoms with Gasteiger partial charge in [-0.05, 0) is 26.2 Å². The van der Waals surface area contributed by atoms with Crippen LogP contribution in [0.1, 0.15) is 41.0 Å². The van der Waals surface area contributed by atoms with Crippen molar-refractivity contribution in [3.63, 3.8) is 0 Å². The number of rotatable bonds is 5. The molecule has 13 heavy (non-hydrogen) atoms. The molecule has 0 aliphatic heterocycles. The van der Waals surface area contributed by atoms with Gasteiger partial charge in [-0.25, -0.2) is 0 Å². The van der Waals surface area contributed by atoms with Crippen molar-refractivity contribution in [2.24, 2.45) is 5.92 Å². The molecule has 0 aliphatic carbocycles. The maximum atomic E-state index is 10.9. The monoisotopic (exact) mass is 187 g/mol. The number of aliphatic carboxylic acids is 1. The van der Waals surface area contributed by atoms with Crippen LogP contribution in [-0.2, 0) is 4.79 Å². The van der Waals surface area contributed by atoms with E-state index < -0.39 is 12.0 Å². The van der Waals surface area contributed by atoms with Crippen LogP contribution >= 0.6 is 0 Å². The van der Waals surface area contributed by atoms with Crippen molar-refractivity contribution in [1.29, 1.82) is 0 Å². The zero-order chi connectivity index (χ0) is 10.6. The SMILES string of the molecule is CCC(C)(C)NC(C(=O)O)C(C)C. The van der Waals surface area contributed by atoms with Gasteiger partial charge in [-0.3, -0.25) is 10.1 Å². The van der Waals surface area contributed by atoms with Crippen LogP contribution in [0.4, 0.5) is 0 Å². The summed E-state index contributed by atoms with van der Waals surface area (Å²) in [7, 11) is 0. The fourth-order valence-electron chi connectivity index (χ4n) is 1.04. The zero-order valence-corrected chi connectivity index (χ0v) is 9.22. The topological polar surface area (TPSA) is 49.3 Å². The average Bonchev–Trinajstić information content (AvgIpc) is 1.99. The third-order valence-corrected chi connectivity index (χ3v) is 2.36. The summed E-state index contributed by atoms with van der Waals surface area (Å²) in [5, 5.41) is 12.1. The van der Waals surface area contributed by atoms with Crippen LogP contribution < -0.4 is 5.32 Å². The van der Waals surface area contributed by atoms with Gasteiger partial charge in [0.2, 0.25) is 0 Å². The van der Waals surface area contributed by atoms with E-state index >= 15 is 0 Å². The molecule has 2 N–H and O–H groups in total. The molecule has 78 valence electrons. The minimum atomic E-state index is -0.767. The van der Waals surface area contributed by atoms with Crippen molar-refractivity contribution < 1.29 is 9.90 Å². The third kappa shape index (κ3) is 4.27. The lowest BCUT2D eigenvalue weighted by Gasteiger charge is -2.30. The molecule has 3 heteroatoms. The fourth-order valence-corrected chi connectivity index (χ4v) is 1.04. The molecule has 0 fully saturated rings. The highest BCUT2D eigenvalue weighted by atomic mass is 16.4. The predicted octanol–water partition coefficient (Wildman–Crippen LogP) is 1.87. The van der Waals surface area contributed by atoms with Gasteiger partial charge in [0.15, 0.2) is 0 Å². The first kappa shape index (κ1) is 12.4. The second-order valence-electron chi connectivity index (χ2n) is 4.44. The lowest BCUT2D eigenvalue weighted by Crippen LogP contribution is -2.51. The summed E-state index contributed by atoms with van der Waals surface area (Å²) in [5.74, 6) is -0.653. The Bertz CT molecular complexity index is 176. The smallest absolute Gasteiger partial charge is 0.320 e. The van der Waals surface area contributed by atoms with Gasteiger partial charge in [-0.1, -0.05) is 20.8 Å². The molecule has 0 spiro atoms. The number of carboxylic acids is 1. The van der Waals surface area contributed by atoms with E-state index in [0.717, 1.165) is 6.42 Å². The summed E-state index contributed by atoms with van der Waals surface area (Å²) in [5.41, 5.74) is -0.104. The molecule has 0 aromatic rings. The molecule has 1 unspecified atom stereocenters. The van der Waals surface area contributed by atoms with Crippen molar-refractivity contribution in [2.45, 2.75) is 52.6 Å². The van der Waals surface area contributed by atoms with Crippen molar-refractivity contribution in [1.82, 2.24) is 5.32 Å². The lowest BCUT2D eigenvalue weighted by atomic mass is 9.96. The van der Waals surface area contributed by atoms with E-state index in [4.69, 9.17) is 5.11 Å². The highest BCUT2D eigenvalue weighted by Gasteiger charge is 2.27. The summed E-state index contributed by atoms with van der Waals surface area (Å²) >= 11 is 0. The summed E-state index contributed by atoms with van der Waals surface area (Å²) in [6, 6.07) is -0.449. The Morgan fingerprint density at radius 1 is 1.46 bits per heavy atom. The Balaban J connectivity index is 4.35. The van der Waals surface area contributed by atoms with Crippen molar-refractivity contribution in [3.05, 3.63) is 0 Å². The Hall–Kier alpha value is -0.570. The van der Waals surface area contributed by atoms with E-state index in [1.165, 1.54) is 0 Å². The number of nitrogens with one attached hydrogen (secondary N) is 1. The van der Waals surface area contributed by atoms with Crippen LogP contribution in [0.25, 0.3) is 0 Å². The number of carboxylic acid groups (broad SMARTS) is 1. The van der Waals surface area contributed by atoms with Gasteiger partial charge in [0.05, 0.1) is 0 Å². The molecule has 0 radical (unpaired) electrons. The lowest BCUT2D eigenvalue weighted by molar-refractivity contribution is -0.141. The summed E-state index contributed by atoms with van der Waals surface area (Å²) in [4.78, 5) is 10.9. The maximum absolute atomic E-state index is 10.9.